The second-order valence-corrected chi connectivity index (χ2v) is 3.94. The van der Waals surface area contributed by atoms with Crippen LogP contribution in [-0.2, 0) is 10.0 Å². The number of hydrogen-bond acceptors (Lipinski definition) is 1. The van der Waals surface area contributed by atoms with Gasteiger partial charge in [0.25, 0.3) is 0 Å². The summed E-state index contributed by atoms with van der Waals surface area (Å²) >= 11 is 0. The third-order valence-electron chi connectivity index (χ3n) is 2.98. The molecule has 0 aliphatic rings. The average molecular weight is 230 g/mol. The highest BCUT2D eigenvalue weighted by Gasteiger charge is 2.27. The SMILES string of the molecule is CCC(CC)(O[SiH3])c1ccc(F)c(F)c1. The summed E-state index contributed by atoms with van der Waals surface area (Å²) in [4.78, 5) is 0. The van der Waals surface area contributed by atoms with Crippen molar-refractivity contribution in [3.05, 3.63) is 35.4 Å². The van der Waals surface area contributed by atoms with Gasteiger partial charge in [-0.15, -0.1) is 0 Å². The van der Waals surface area contributed by atoms with Gasteiger partial charge in [-0.05, 0) is 30.5 Å². The third kappa shape index (κ3) is 2.26. The first-order valence-corrected chi connectivity index (χ1v) is 5.92. The van der Waals surface area contributed by atoms with E-state index >= 15 is 0 Å². The van der Waals surface area contributed by atoms with E-state index in [9.17, 15) is 8.78 Å². The lowest BCUT2D eigenvalue weighted by atomic mass is 9.88. The van der Waals surface area contributed by atoms with Gasteiger partial charge in [-0.25, -0.2) is 8.78 Å². The maximum Gasteiger partial charge on any atom is 0.159 e. The molecule has 0 spiro atoms. The molecule has 1 rings (SSSR count). The molecule has 15 heavy (non-hydrogen) atoms. The van der Waals surface area contributed by atoms with Crippen LogP contribution in [0.3, 0.4) is 0 Å². The van der Waals surface area contributed by atoms with Crippen molar-refractivity contribution in [3.8, 4) is 0 Å². The van der Waals surface area contributed by atoms with E-state index in [1.807, 2.05) is 13.8 Å². The predicted molar refractivity (Wildman–Crippen MR) is 59.6 cm³/mol. The molecule has 0 saturated heterocycles. The van der Waals surface area contributed by atoms with Crippen LogP contribution < -0.4 is 0 Å². The number of rotatable bonds is 4. The number of hydrogen-bond donors (Lipinski definition) is 0. The zero-order chi connectivity index (χ0) is 11.5. The van der Waals surface area contributed by atoms with Gasteiger partial charge in [0, 0.05) is 0 Å². The van der Waals surface area contributed by atoms with Crippen LogP contribution in [-0.4, -0.2) is 10.5 Å². The lowest BCUT2D eigenvalue weighted by Gasteiger charge is -2.31. The van der Waals surface area contributed by atoms with Crippen molar-refractivity contribution < 1.29 is 13.2 Å². The first-order valence-electron chi connectivity index (χ1n) is 5.10. The fourth-order valence-corrected chi connectivity index (χ4v) is 2.66. The van der Waals surface area contributed by atoms with Gasteiger partial charge in [-0.3, -0.25) is 0 Å². The number of benzene rings is 1. The van der Waals surface area contributed by atoms with Crippen LogP contribution in [0.15, 0.2) is 18.2 Å². The van der Waals surface area contributed by atoms with E-state index in [-0.39, 0.29) is 0 Å². The Kier molecular flexibility index (Phi) is 3.99. The van der Waals surface area contributed by atoms with Crippen molar-refractivity contribution in [2.45, 2.75) is 32.3 Å². The molecule has 0 saturated carbocycles. The molecule has 0 bridgehead atoms. The van der Waals surface area contributed by atoms with Gasteiger partial charge in [0.1, 0.15) is 10.5 Å². The quantitative estimate of drug-likeness (QED) is 0.721. The molecule has 1 nitrogen and oxygen atoms in total. The van der Waals surface area contributed by atoms with Gasteiger partial charge in [-0.2, -0.15) is 0 Å². The molecule has 0 aliphatic carbocycles. The monoisotopic (exact) mass is 230 g/mol. The van der Waals surface area contributed by atoms with Gasteiger partial charge in [0.2, 0.25) is 0 Å². The maximum atomic E-state index is 13.1. The molecular formula is C11H16F2OSi. The molecule has 84 valence electrons. The van der Waals surface area contributed by atoms with Crippen molar-refractivity contribution in [1.29, 1.82) is 0 Å². The van der Waals surface area contributed by atoms with Gasteiger partial charge < -0.3 is 4.43 Å². The Morgan fingerprint density at radius 3 is 2.20 bits per heavy atom. The van der Waals surface area contributed by atoms with Crippen LogP contribution in [0, 0.1) is 11.6 Å². The Morgan fingerprint density at radius 1 is 1.20 bits per heavy atom. The smallest absolute Gasteiger partial charge is 0.159 e. The Morgan fingerprint density at radius 2 is 1.80 bits per heavy atom. The molecule has 0 amide bonds. The fraction of sp³-hybridized carbons (Fsp3) is 0.455. The highest BCUT2D eigenvalue weighted by Crippen LogP contribution is 2.32. The van der Waals surface area contributed by atoms with Gasteiger partial charge in [0.15, 0.2) is 11.6 Å². The zero-order valence-corrected chi connectivity index (χ0v) is 11.3. The maximum absolute atomic E-state index is 13.1. The van der Waals surface area contributed by atoms with E-state index in [2.05, 4.69) is 0 Å². The molecular weight excluding hydrogens is 214 g/mol. The van der Waals surface area contributed by atoms with Crippen molar-refractivity contribution in [1.82, 2.24) is 0 Å². The fourth-order valence-electron chi connectivity index (χ4n) is 1.84. The number of halogens is 2. The lowest BCUT2D eigenvalue weighted by Crippen LogP contribution is -2.27. The minimum Gasteiger partial charge on any atom is -0.418 e. The molecule has 0 heterocycles. The minimum atomic E-state index is -0.812. The Bertz CT molecular complexity index is 329. The first kappa shape index (κ1) is 12.3. The highest BCUT2D eigenvalue weighted by atomic mass is 28.2. The van der Waals surface area contributed by atoms with Crippen molar-refractivity contribution in [2.24, 2.45) is 0 Å². The van der Waals surface area contributed by atoms with Gasteiger partial charge >= 0.3 is 0 Å². The molecule has 1 aromatic carbocycles. The summed E-state index contributed by atoms with van der Waals surface area (Å²) in [7, 11) is 0.580. The highest BCUT2D eigenvalue weighted by molar-refractivity contribution is 5.98. The molecule has 0 atom stereocenters. The van der Waals surface area contributed by atoms with Crippen LogP contribution >= 0.6 is 0 Å². The molecule has 4 heteroatoms. The summed E-state index contributed by atoms with van der Waals surface area (Å²) in [6, 6.07) is 3.99. The molecule has 1 aromatic rings. The molecule has 0 unspecified atom stereocenters. The zero-order valence-electron chi connectivity index (χ0n) is 9.31. The summed E-state index contributed by atoms with van der Waals surface area (Å²) in [5.74, 6) is -1.62. The van der Waals surface area contributed by atoms with E-state index in [0.717, 1.165) is 24.5 Å². The normalized spacial score (nSPS) is 12.0. The summed E-state index contributed by atoms with van der Waals surface area (Å²) in [5, 5.41) is 0. The van der Waals surface area contributed by atoms with E-state index in [1.165, 1.54) is 6.07 Å². The Labute approximate surface area is 92.0 Å². The van der Waals surface area contributed by atoms with Crippen LogP contribution in [0.25, 0.3) is 0 Å². The molecule has 0 fully saturated rings. The van der Waals surface area contributed by atoms with E-state index in [4.69, 9.17) is 4.43 Å². The molecule has 0 radical (unpaired) electrons. The topological polar surface area (TPSA) is 9.23 Å². The summed E-state index contributed by atoms with van der Waals surface area (Å²) in [6.45, 7) is 3.98. The predicted octanol–water partition coefficient (Wildman–Crippen LogP) is 2.28. The van der Waals surface area contributed by atoms with Crippen LogP contribution in [0.2, 0.25) is 0 Å². The third-order valence-corrected chi connectivity index (χ3v) is 3.76. The molecule has 0 N–H and O–H groups in total. The average Bonchev–Trinajstić information content (AvgIpc) is 2.26. The first-order chi connectivity index (χ1) is 7.09. The van der Waals surface area contributed by atoms with Crippen molar-refractivity contribution in [3.63, 3.8) is 0 Å². The van der Waals surface area contributed by atoms with Crippen molar-refractivity contribution >= 4 is 10.5 Å². The molecule has 0 aliphatic heterocycles. The van der Waals surface area contributed by atoms with Crippen LogP contribution in [0.5, 0.6) is 0 Å². The van der Waals surface area contributed by atoms with E-state index in [0.29, 0.717) is 10.5 Å². The second-order valence-electron chi connectivity index (χ2n) is 3.53. The standard InChI is InChI=1S/C11H16F2OSi/c1-3-11(4-2,14-15)8-5-6-9(12)10(13)7-8/h5-7H,3-4H2,1-2,15H3. The van der Waals surface area contributed by atoms with Gasteiger partial charge in [0.05, 0.1) is 5.60 Å². The van der Waals surface area contributed by atoms with Gasteiger partial charge in [-0.1, -0.05) is 19.9 Å². The molecule has 0 aromatic heterocycles. The summed E-state index contributed by atoms with van der Waals surface area (Å²) in [6.07, 6.45) is 1.52. The Hall–Kier alpha value is -0.743. The Balaban J connectivity index is 3.17. The lowest BCUT2D eigenvalue weighted by molar-refractivity contribution is 0.0680. The minimum absolute atomic E-state index is 0.444. The second kappa shape index (κ2) is 4.85. The van der Waals surface area contributed by atoms with Crippen molar-refractivity contribution in [2.75, 3.05) is 0 Å². The van der Waals surface area contributed by atoms with Crippen LogP contribution in [0.4, 0.5) is 8.78 Å². The summed E-state index contributed by atoms with van der Waals surface area (Å²) in [5.41, 5.74) is 0.280. The summed E-state index contributed by atoms with van der Waals surface area (Å²) < 4.78 is 31.5. The van der Waals surface area contributed by atoms with Crippen LogP contribution in [0.1, 0.15) is 32.3 Å². The largest absolute Gasteiger partial charge is 0.418 e. The van der Waals surface area contributed by atoms with E-state index < -0.39 is 17.2 Å². The van der Waals surface area contributed by atoms with E-state index in [1.54, 1.807) is 6.07 Å².